The normalized spacial score (nSPS) is 27.9. The molecule has 3 aliphatic carbocycles. The predicted molar refractivity (Wildman–Crippen MR) is 127 cm³/mol. The van der Waals surface area contributed by atoms with Crippen LogP contribution in [0.15, 0.2) is 51.6 Å². The molecule has 0 bridgehead atoms. The van der Waals surface area contributed by atoms with Gasteiger partial charge in [0.15, 0.2) is 11.6 Å². The molecule has 0 spiro atoms. The highest BCUT2D eigenvalue weighted by Gasteiger charge is 2.56. The maximum atomic E-state index is 13.4. The van der Waals surface area contributed by atoms with Gasteiger partial charge < -0.3 is 10.2 Å². The van der Waals surface area contributed by atoms with E-state index in [0.29, 0.717) is 16.2 Å². The van der Waals surface area contributed by atoms with E-state index < -0.39 is 41.5 Å². The van der Waals surface area contributed by atoms with Crippen LogP contribution in [0.4, 0.5) is 0 Å². The summed E-state index contributed by atoms with van der Waals surface area (Å²) in [6.07, 6.45) is 2.98. The molecule has 10 heteroatoms. The van der Waals surface area contributed by atoms with Crippen LogP contribution < -0.4 is 0 Å². The molecule has 4 atom stereocenters. The molecule has 1 fully saturated rings. The van der Waals surface area contributed by atoms with Gasteiger partial charge in [-0.05, 0) is 52.9 Å². The minimum Gasteiger partial charge on any atom is -0.508 e. The number of likely N-dealkylation sites (tertiary alicyclic amines) is 1. The number of rotatable bonds is 4. The lowest BCUT2D eigenvalue weighted by molar-refractivity contribution is -0.142. The number of ketones is 2. The zero-order valence-corrected chi connectivity index (χ0v) is 20.5. The zero-order valence-electron chi connectivity index (χ0n) is 18.2. The van der Waals surface area contributed by atoms with E-state index in [4.69, 9.17) is 16.7 Å². The van der Waals surface area contributed by atoms with E-state index >= 15 is 0 Å². The van der Waals surface area contributed by atoms with Crippen LogP contribution in [0.25, 0.3) is 0 Å². The fourth-order valence-electron chi connectivity index (χ4n) is 5.81. The molecule has 1 aromatic carbocycles. The van der Waals surface area contributed by atoms with Gasteiger partial charge in [0.1, 0.15) is 5.75 Å². The molecule has 1 aliphatic heterocycles. The first-order chi connectivity index (χ1) is 16.6. The van der Waals surface area contributed by atoms with Crippen LogP contribution in [0.1, 0.15) is 30.7 Å². The molecule has 1 saturated heterocycles. The molecule has 0 unspecified atom stereocenters. The van der Waals surface area contributed by atoms with E-state index in [2.05, 4.69) is 15.9 Å². The average Bonchev–Trinajstić information content (AvgIpc) is 3.06. The summed E-state index contributed by atoms with van der Waals surface area (Å²) < 4.78 is 0.104. The van der Waals surface area contributed by atoms with Crippen molar-refractivity contribution in [3.63, 3.8) is 0 Å². The van der Waals surface area contributed by atoms with E-state index in [1.807, 2.05) is 6.08 Å². The summed E-state index contributed by atoms with van der Waals surface area (Å²) in [6, 6.07) is 4.45. The van der Waals surface area contributed by atoms with Crippen LogP contribution in [0.2, 0.25) is 5.02 Å². The number of hydrogen-bond acceptors (Lipinski definition) is 6. The van der Waals surface area contributed by atoms with E-state index in [1.165, 1.54) is 24.3 Å². The lowest BCUT2D eigenvalue weighted by Crippen LogP contribution is -2.39. The molecule has 0 aromatic heterocycles. The maximum absolute atomic E-state index is 13.4. The molecule has 35 heavy (non-hydrogen) atoms. The van der Waals surface area contributed by atoms with Crippen molar-refractivity contribution < 1.29 is 34.2 Å². The van der Waals surface area contributed by atoms with Crippen molar-refractivity contribution in [2.75, 3.05) is 6.54 Å². The molecule has 0 radical (unpaired) electrons. The van der Waals surface area contributed by atoms with E-state index in [0.717, 1.165) is 4.90 Å². The van der Waals surface area contributed by atoms with Crippen LogP contribution in [0, 0.1) is 17.8 Å². The summed E-state index contributed by atoms with van der Waals surface area (Å²) in [5.74, 6) is -5.74. The van der Waals surface area contributed by atoms with Crippen LogP contribution in [0.5, 0.6) is 5.75 Å². The number of carboxylic acid groups (broad SMARTS) is 1. The molecule has 5 rings (SSSR count). The molecule has 180 valence electrons. The minimum atomic E-state index is -1.12. The first-order valence-electron chi connectivity index (χ1n) is 11.0. The highest BCUT2D eigenvalue weighted by Crippen LogP contribution is 2.56. The van der Waals surface area contributed by atoms with Crippen molar-refractivity contribution in [1.82, 2.24) is 4.90 Å². The predicted octanol–water partition coefficient (Wildman–Crippen LogP) is 3.28. The van der Waals surface area contributed by atoms with Gasteiger partial charge in [-0.25, -0.2) is 0 Å². The highest BCUT2D eigenvalue weighted by atomic mass is 79.9. The van der Waals surface area contributed by atoms with Gasteiger partial charge in [0.25, 0.3) is 0 Å². The number of carboxylic acids is 1. The van der Waals surface area contributed by atoms with Crippen molar-refractivity contribution in [2.24, 2.45) is 17.8 Å². The summed E-state index contributed by atoms with van der Waals surface area (Å²) in [5, 5.41) is 20.1. The van der Waals surface area contributed by atoms with Crippen molar-refractivity contribution in [3.8, 4) is 5.75 Å². The molecule has 0 saturated carbocycles. The number of phenols is 1. The number of fused-ring (bicyclic) bond motifs is 3. The summed E-state index contributed by atoms with van der Waals surface area (Å²) in [4.78, 5) is 64.7. The smallest absolute Gasteiger partial charge is 0.305 e. The monoisotopic (exact) mass is 559 g/mol. The number of imide groups is 1. The highest BCUT2D eigenvalue weighted by molar-refractivity contribution is 9.12. The van der Waals surface area contributed by atoms with E-state index in [9.17, 15) is 29.1 Å². The van der Waals surface area contributed by atoms with Gasteiger partial charge in [0.2, 0.25) is 11.8 Å². The Labute approximate surface area is 213 Å². The Morgan fingerprint density at radius 2 is 1.89 bits per heavy atom. The summed E-state index contributed by atoms with van der Waals surface area (Å²) in [7, 11) is 0. The number of allylic oxidation sites excluding steroid dienone is 6. The Balaban J connectivity index is 1.65. The van der Waals surface area contributed by atoms with Crippen molar-refractivity contribution >= 4 is 56.9 Å². The number of benzene rings is 1. The van der Waals surface area contributed by atoms with E-state index in [1.54, 1.807) is 0 Å². The van der Waals surface area contributed by atoms with Gasteiger partial charge in [0.05, 0.1) is 22.7 Å². The number of aromatic hydroxyl groups is 1. The first kappa shape index (κ1) is 23.7. The van der Waals surface area contributed by atoms with Gasteiger partial charge in [-0.15, -0.1) is 0 Å². The number of hydrogen-bond donors (Lipinski definition) is 2. The summed E-state index contributed by atoms with van der Waals surface area (Å²) in [5.41, 5.74) is 1.49. The van der Waals surface area contributed by atoms with Crippen LogP contribution in [0.3, 0.4) is 0 Å². The van der Waals surface area contributed by atoms with Crippen LogP contribution in [-0.4, -0.2) is 51.0 Å². The standard InChI is InChI=1S/C25H19BrClNO7/c26-16-9-18(30)22-15(23(16)33)8-13-11(20(22)14-7-10(27)1-4-17(14)29)2-3-12-21(13)25(35)28(24(12)34)6-5-19(31)32/h1-2,4,7,9,12-13,20-21,29H,3,5-6,8H2,(H,31,32)/t12-,13+,20+,21-/m0/s1. The number of nitrogens with zero attached hydrogens (tertiary/aromatic N) is 1. The summed E-state index contributed by atoms with van der Waals surface area (Å²) in [6.45, 7) is -0.222. The molecule has 2 amide bonds. The third kappa shape index (κ3) is 3.68. The lowest BCUT2D eigenvalue weighted by atomic mass is 9.59. The molecule has 1 aromatic rings. The fraction of sp³-hybridized carbons (Fsp3) is 0.320. The minimum absolute atomic E-state index is 0.0828. The summed E-state index contributed by atoms with van der Waals surface area (Å²) >= 11 is 9.37. The number of carbonyl (C=O) groups is 5. The molecular weight excluding hydrogens is 542 g/mol. The second-order valence-corrected chi connectivity index (χ2v) is 10.4. The average molecular weight is 561 g/mol. The Kier molecular flexibility index (Phi) is 5.80. The lowest BCUT2D eigenvalue weighted by Gasteiger charge is -2.42. The van der Waals surface area contributed by atoms with E-state index in [-0.39, 0.29) is 58.8 Å². The Hall–Kier alpha value is -3.04. The van der Waals surface area contributed by atoms with Gasteiger partial charge in [-0.1, -0.05) is 23.3 Å². The Morgan fingerprint density at radius 3 is 2.60 bits per heavy atom. The van der Waals surface area contributed by atoms with Crippen molar-refractivity contribution in [2.45, 2.75) is 25.2 Å². The van der Waals surface area contributed by atoms with Crippen LogP contribution >= 0.6 is 27.5 Å². The Morgan fingerprint density at radius 1 is 1.14 bits per heavy atom. The number of aliphatic carboxylic acids is 1. The molecule has 8 nitrogen and oxygen atoms in total. The number of amides is 2. The number of halogens is 2. The molecular formula is C25H19BrClNO7. The quantitative estimate of drug-likeness (QED) is 0.328. The SMILES string of the molecule is O=C(O)CCN1C(=O)[C@H]2[C@H](CC=C3[C@H](c4cc(Cl)ccc4O)C4=C(C[C@H]32)C(=O)C(Br)=CC4=O)C1=O. The number of Topliss-reactive ketones (excluding diaryl/α,β-unsaturated/α-hetero) is 1. The Bertz CT molecular complexity index is 1330. The molecule has 1 heterocycles. The number of phenolic OH excluding ortho intramolecular Hbond substituents is 1. The molecule has 4 aliphatic rings. The van der Waals surface area contributed by atoms with Gasteiger partial charge in [0, 0.05) is 40.3 Å². The number of carbonyl (C=O) groups excluding carboxylic acids is 4. The van der Waals surface area contributed by atoms with Gasteiger partial charge >= 0.3 is 5.97 Å². The van der Waals surface area contributed by atoms with Gasteiger partial charge in [-0.2, -0.15) is 0 Å². The molecule has 2 N–H and O–H groups in total. The van der Waals surface area contributed by atoms with Gasteiger partial charge in [-0.3, -0.25) is 28.9 Å². The third-order valence-corrected chi connectivity index (χ3v) is 8.10. The fourth-order valence-corrected chi connectivity index (χ4v) is 6.44. The third-order valence-electron chi connectivity index (χ3n) is 7.27. The second kappa shape index (κ2) is 8.57. The van der Waals surface area contributed by atoms with Crippen molar-refractivity contribution in [3.05, 3.63) is 62.1 Å². The first-order valence-corrected chi connectivity index (χ1v) is 12.2. The topological polar surface area (TPSA) is 129 Å². The maximum Gasteiger partial charge on any atom is 0.305 e. The van der Waals surface area contributed by atoms with Crippen molar-refractivity contribution in [1.29, 1.82) is 0 Å². The van der Waals surface area contributed by atoms with Crippen LogP contribution in [-0.2, 0) is 24.0 Å². The largest absolute Gasteiger partial charge is 0.508 e. The second-order valence-electron chi connectivity index (χ2n) is 9.07. The zero-order chi connectivity index (χ0) is 25.2.